The molecule has 1 amide bonds. The van der Waals surface area contributed by atoms with Gasteiger partial charge in [-0.25, -0.2) is 4.98 Å². The molecule has 1 N–H and O–H groups in total. The lowest BCUT2D eigenvalue weighted by atomic mass is 10.0. The molecule has 0 bridgehead atoms. The molecule has 2 aromatic carbocycles. The van der Waals surface area contributed by atoms with Crippen LogP contribution in [-0.2, 0) is 6.54 Å². The van der Waals surface area contributed by atoms with Crippen molar-refractivity contribution < 1.29 is 4.79 Å². The number of aryl methyl sites for hydroxylation is 3. The van der Waals surface area contributed by atoms with E-state index in [2.05, 4.69) is 29.0 Å². The average molecular weight is 447 g/mol. The zero-order valence-electron chi connectivity index (χ0n) is 20.1. The van der Waals surface area contributed by atoms with Gasteiger partial charge in [0.25, 0.3) is 11.5 Å². The van der Waals surface area contributed by atoms with Crippen molar-refractivity contribution in [3.8, 4) is 0 Å². The second-order valence-electron chi connectivity index (χ2n) is 9.35. The largest absolute Gasteiger partial charge is 0.351 e. The Morgan fingerprint density at radius 2 is 1.82 bits per heavy atom. The number of carbonyl (C=O) groups excluding carboxylic acids is 1. The van der Waals surface area contributed by atoms with E-state index in [0.29, 0.717) is 30.4 Å². The van der Waals surface area contributed by atoms with Gasteiger partial charge in [0.2, 0.25) is 0 Å². The quantitative estimate of drug-likeness (QED) is 0.622. The van der Waals surface area contributed by atoms with Crippen LogP contribution in [0.25, 0.3) is 11.0 Å². The lowest BCUT2D eigenvalue weighted by Crippen LogP contribution is -2.42. The van der Waals surface area contributed by atoms with Gasteiger partial charge in [0.05, 0.1) is 17.6 Å². The number of nitrogens with one attached hydrogen (secondary N) is 1. The first-order chi connectivity index (χ1) is 15.8. The third kappa shape index (κ3) is 5.17. The zero-order chi connectivity index (χ0) is 23.5. The van der Waals surface area contributed by atoms with Gasteiger partial charge in [0, 0.05) is 24.7 Å². The number of fused-ring (bicyclic) bond motifs is 1. The van der Waals surface area contributed by atoms with E-state index in [0.717, 1.165) is 40.8 Å². The molecule has 0 saturated carbocycles. The fourth-order valence-electron chi connectivity index (χ4n) is 4.63. The van der Waals surface area contributed by atoms with Crippen LogP contribution < -0.4 is 10.9 Å². The number of benzene rings is 2. The summed E-state index contributed by atoms with van der Waals surface area (Å²) in [6.45, 7) is 11.2. The van der Waals surface area contributed by atoms with Crippen LogP contribution >= 0.6 is 0 Å². The molecule has 1 aromatic heterocycles. The molecule has 1 aliphatic heterocycles. The molecule has 4 rings (SSSR count). The van der Waals surface area contributed by atoms with E-state index >= 15 is 0 Å². The minimum Gasteiger partial charge on any atom is -0.351 e. The molecule has 1 fully saturated rings. The molecule has 33 heavy (non-hydrogen) atoms. The first-order valence-corrected chi connectivity index (χ1v) is 11.9. The normalized spacial score (nSPS) is 16.8. The van der Waals surface area contributed by atoms with Crippen molar-refractivity contribution in [1.82, 2.24) is 19.8 Å². The van der Waals surface area contributed by atoms with Crippen molar-refractivity contribution in [2.24, 2.45) is 0 Å². The van der Waals surface area contributed by atoms with E-state index in [1.165, 1.54) is 19.3 Å². The summed E-state index contributed by atoms with van der Waals surface area (Å²) in [5.41, 5.74) is 5.97. The smallest absolute Gasteiger partial charge is 0.272 e. The number of hydrogen-bond donors (Lipinski definition) is 1. The fraction of sp³-hybridized carbons (Fsp3) is 0.444. The van der Waals surface area contributed by atoms with Crippen molar-refractivity contribution in [3.63, 3.8) is 0 Å². The molecule has 0 unspecified atom stereocenters. The Morgan fingerprint density at radius 1 is 1.09 bits per heavy atom. The maximum absolute atomic E-state index is 12.9. The molecule has 6 nitrogen and oxygen atoms in total. The minimum atomic E-state index is -0.0838. The monoisotopic (exact) mass is 446 g/mol. The molecule has 2 heterocycles. The zero-order valence-corrected chi connectivity index (χ0v) is 20.1. The number of rotatable bonds is 6. The Bertz CT molecular complexity index is 1210. The second kappa shape index (κ2) is 9.87. The summed E-state index contributed by atoms with van der Waals surface area (Å²) in [6.07, 6.45) is 3.79. The summed E-state index contributed by atoms with van der Waals surface area (Å²) in [7, 11) is 0. The molecule has 3 aromatic rings. The Balaban J connectivity index is 1.45. The van der Waals surface area contributed by atoms with Crippen LogP contribution in [0.15, 0.2) is 41.2 Å². The standard InChI is InChI=1S/C27H34N4O2/c1-18-15-24-25(16-19(18)2)31(27(33)21(4)29-24)17-22-8-10-23(11-9-22)26(32)28-12-14-30-13-6-5-7-20(30)3/h8-11,15-16,20H,5-7,12-14,17H2,1-4H3,(H,28,32)/t20-/m0/s1. The number of likely N-dealkylation sites (tertiary alicyclic amines) is 1. The summed E-state index contributed by atoms with van der Waals surface area (Å²) >= 11 is 0. The van der Waals surface area contributed by atoms with Gasteiger partial charge in [-0.2, -0.15) is 0 Å². The summed E-state index contributed by atoms with van der Waals surface area (Å²) in [5.74, 6) is -0.0558. The summed E-state index contributed by atoms with van der Waals surface area (Å²) in [5, 5.41) is 3.04. The van der Waals surface area contributed by atoms with Crippen LogP contribution in [-0.4, -0.2) is 46.0 Å². The molecule has 1 aliphatic rings. The van der Waals surface area contributed by atoms with Crippen LogP contribution in [0.1, 0.15) is 58.9 Å². The summed E-state index contributed by atoms with van der Waals surface area (Å²) in [6, 6.07) is 12.2. The van der Waals surface area contributed by atoms with Gasteiger partial charge >= 0.3 is 0 Å². The topological polar surface area (TPSA) is 67.2 Å². The van der Waals surface area contributed by atoms with E-state index in [1.54, 1.807) is 11.5 Å². The van der Waals surface area contributed by atoms with E-state index in [9.17, 15) is 9.59 Å². The highest BCUT2D eigenvalue weighted by atomic mass is 16.1. The predicted octanol–water partition coefficient (Wildman–Crippen LogP) is 3.97. The molecule has 0 spiro atoms. The molecule has 0 radical (unpaired) electrons. The third-order valence-electron chi connectivity index (χ3n) is 6.91. The highest BCUT2D eigenvalue weighted by Crippen LogP contribution is 2.18. The van der Waals surface area contributed by atoms with Crippen LogP contribution in [0.3, 0.4) is 0 Å². The molecule has 174 valence electrons. The molecule has 6 heteroatoms. The second-order valence-corrected chi connectivity index (χ2v) is 9.35. The Hall–Kier alpha value is -2.99. The lowest BCUT2D eigenvalue weighted by Gasteiger charge is -2.33. The van der Waals surface area contributed by atoms with Crippen molar-refractivity contribution >= 4 is 16.9 Å². The van der Waals surface area contributed by atoms with E-state index in [-0.39, 0.29) is 11.5 Å². The maximum Gasteiger partial charge on any atom is 0.272 e. The van der Waals surface area contributed by atoms with Crippen LogP contribution in [0.4, 0.5) is 0 Å². The van der Waals surface area contributed by atoms with Crippen molar-refractivity contribution in [1.29, 1.82) is 0 Å². The van der Waals surface area contributed by atoms with Crippen LogP contribution in [0.2, 0.25) is 0 Å². The van der Waals surface area contributed by atoms with Crippen LogP contribution in [0.5, 0.6) is 0 Å². The van der Waals surface area contributed by atoms with Gasteiger partial charge in [-0.15, -0.1) is 0 Å². The minimum absolute atomic E-state index is 0.0558. The van der Waals surface area contributed by atoms with Crippen molar-refractivity contribution in [2.75, 3.05) is 19.6 Å². The fourth-order valence-corrected chi connectivity index (χ4v) is 4.63. The third-order valence-corrected chi connectivity index (χ3v) is 6.91. The molecule has 1 saturated heterocycles. The highest BCUT2D eigenvalue weighted by molar-refractivity contribution is 5.94. The lowest BCUT2D eigenvalue weighted by molar-refractivity contribution is 0.0938. The van der Waals surface area contributed by atoms with Gasteiger partial charge in [0.15, 0.2) is 0 Å². The van der Waals surface area contributed by atoms with Crippen molar-refractivity contribution in [2.45, 2.75) is 59.5 Å². The van der Waals surface area contributed by atoms with Gasteiger partial charge in [-0.05, 0) is 88.0 Å². The summed E-state index contributed by atoms with van der Waals surface area (Å²) < 4.78 is 1.78. The maximum atomic E-state index is 12.9. The first kappa shape index (κ1) is 23.2. The number of aromatic nitrogens is 2. The van der Waals surface area contributed by atoms with Gasteiger partial charge < -0.3 is 9.88 Å². The van der Waals surface area contributed by atoms with Crippen molar-refractivity contribution in [3.05, 3.63) is 74.7 Å². The number of nitrogens with zero attached hydrogens (tertiary/aromatic N) is 3. The highest BCUT2D eigenvalue weighted by Gasteiger charge is 2.18. The van der Waals surface area contributed by atoms with E-state index < -0.39 is 0 Å². The van der Waals surface area contributed by atoms with Crippen LogP contribution in [0, 0.1) is 20.8 Å². The Morgan fingerprint density at radius 3 is 2.55 bits per heavy atom. The molecule has 1 atom stereocenters. The molecular formula is C27H34N4O2. The Kier molecular flexibility index (Phi) is 6.94. The molecular weight excluding hydrogens is 412 g/mol. The summed E-state index contributed by atoms with van der Waals surface area (Å²) in [4.78, 5) is 32.4. The van der Waals surface area contributed by atoms with Gasteiger partial charge in [-0.3, -0.25) is 14.5 Å². The number of piperidine rings is 1. The first-order valence-electron chi connectivity index (χ1n) is 11.9. The average Bonchev–Trinajstić information content (AvgIpc) is 2.80. The number of amides is 1. The number of hydrogen-bond acceptors (Lipinski definition) is 4. The van der Waals surface area contributed by atoms with Gasteiger partial charge in [0.1, 0.15) is 5.69 Å². The van der Waals surface area contributed by atoms with E-state index in [4.69, 9.17) is 0 Å². The predicted molar refractivity (Wildman–Crippen MR) is 133 cm³/mol. The Labute approximate surface area is 195 Å². The number of carbonyl (C=O) groups is 1. The SMILES string of the molecule is Cc1cc2nc(C)c(=O)n(Cc3ccc(C(=O)NCCN4CCCC[C@@H]4C)cc3)c2cc1C. The van der Waals surface area contributed by atoms with E-state index in [1.807, 2.05) is 43.3 Å². The van der Waals surface area contributed by atoms with Gasteiger partial charge in [-0.1, -0.05) is 18.6 Å². The molecule has 0 aliphatic carbocycles.